The van der Waals surface area contributed by atoms with E-state index in [0.29, 0.717) is 23.7 Å². The topological polar surface area (TPSA) is 83.7 Å². The highest BCUT2D eigenvalue weighted by atomic mass is 127. The van der Waals surface area contributed by atoms with Gasteiger partial charge in [-0.05, 0) is 98.8 Å². The Morgan fingerprint density at radius 1 is 1.19 bits per heavy atom. The summed E-state index contributed by atoms with van der Waals surface area (Å²) in [5.74, 6) is -0.384. The molecule has 32 heavy (non-hydrogen) atoms. The summed E-state index contributed by atoms with van der Waals surface area (Å²) in [5.41, 5.74) is 3.91. The molecule has 3 rings (SSSR count). The van der Waals surface area contributed by atoms with E-state index in [-0.39, 0.29) is 11.1 Å². The molecule has 0 saturated heterocycles. The van der Waals surface area contributed by atoms with Crippen LogP contribution in [0.15, 0.2) is 59.7 Å². The predicted octanol–water partition coefficient (Wildman–Crippen LogP) is 5.26. The molecule has 0 spiro atoms. The maximum atomic E-state index is 14.0. The van der Waals surface area contributed by atoms with E-state index in [9.17, 15) is 9.18 Å². The average Bonchev–Trinajstić information content (AvgIpc) is 2.78. The van der Waals surface area contributed by atoms with Gasteiger partial charge in [-0.1, -0.05) is 12.1 Å². The van der Waals surface area contributed by atoms with Crippen molar-refractivity contribution >= 4 is 57.3 Å². The number of ether oxygens (including phenoxy) is 2. The number of rotatable bonds is 7. The number of benzene rings is 3. The summed E-state index contributed by atoms with van der Waals surface area (Å²) in [6.07, 6.45) is 1.42. The van der Waals surface area contributed by atoms with Crippen molar-refractivity contribution in [2.75, 3.05) is 7.11 Å². The van der Waals surface area contributed by atoms with Crippen molar-refractivity contribution in [2.24, 2.45) is 5.10 Å². The van der Waals surface area contributed by atoms with Gasteiger partial charge in [0.05, 0.1) is 34.1 Å². The number of carbonyl (C=O) groups is 1. The highest BCUT2D eigenvalue weighted by Gasteiger charge is 2.13. The summed E-state index contributed by atoms with van der Waals surface area (Å²) >= 11 is 4.39. The van der Waals surface area contributed by atoms with E-state index in [0.717, 1.165) is 18.8 Å². The third-order valence-electron chi connectivity index (χ3n) is 4.27. The van der Waals surface area contributed by atoms with E-state index >= 15 is 0 Å². The minimum absolute atomic E-state index is 0.133. The Morgan fingerprint density at radius 3 is 2.59 bits per heavy atom. The molecule has 1 N–H and O–H groups in total. The third-order valence-corrected chi connectivity index (χ3v) is 5.79. The monoisotopic (exact) mass is 655 g/mol. The lowest BCUT2D eigenvalue weighted by Gasteiger charge is -2.13. The molecule has 0 fully saturated rings. The zero-order chi connectivity index (χ0) is 23.1. The number of carbonyl (C=O) groups excluding carboxylic acids is 1. The number of amides is 1. The zero-order valence-electron chi connectivity index (χ0n) is 16.7. The summed E-state index contributed by atoms with van der Waals surface area (Å²) in [7, 11) is 1.54. The highest BCUT2D eigenvalue weighted by Crippen LogP contribution is 2.34. The molecule has 1 amide bonds. The largest absolute Gasteiger partial charge is 0.493 e. The molecule has 3 aromatic rings. The predicted molar refractivity (Wildman–Crippen MR) is 135 cm³/mol. The van der Waals surface area contributed by atoms with Crippen molar-refractivity contribution in [3.8, 4) is 17.6 Å². The first-order chi connectivity index (χ1) is 15.4. The number of nitrogens with one attached hydrogen (secondary N) is 1. The van der Waals surface area contributed by atoms with Crippen LogP contribution in [-0.4, -0.2) is 19.2 Å². The highest BCUT2D eigenvalue weighted by molar-refractivity contribution is 14.1. The second kappa shape index (κ2) is 11.2. The molecule has 9 heteroatoms. The number of nitrogens with zero attached hydrogens (tertiary/aromatic N) is 2. The van der Waals surface area contributed by atoms with E-state index < -0.39 is 11.7 Å². The normalized spacial score (nSPS) is 10.6. The van der Waals surface area contributed by atoms with Crippen LogP contribution in [0.1, 0.15) is 27.0 Å². The second-order valence-corrected chi connectivity index (χ2v) is 8.86. The molecule has 6 nitrogen and oxygen atoms in total. The Morgan fingerprint density at radius 2 is 1.94 bits per heavy atom. The van der Waals surface area contributed by atoms with Crippen LogP contribution in [-0.2, 0) is 6.61 Å². The number of hydrogen-bond donors (Lipinski definition) is 1. The van der Waals surface area contributed by atoms with Crippen LogP contribution in [0.4, 0.5) is 4.39 Å². The van der Waals surface area contributed by atoms with Gasteiger partial charge in [0.2, 0.25) is 0 Å². The smallest absolute Gasteiger partial charge is 0.274 e. The summed E-state index contributed by atoms with van der Waals surface area (Å²) < 4.78 is 27.3. The standard InChI is InChI=1S/C23H16FI2N3O3/c1-31-21-10-16(9-20(26)22(21)32-13-14-2-5-17(25)6-3-14)12-28-29-23(30)18-7-4-15(11-27)8-19(18)24/h2-10,12H,13H2,1H3,(H,29,30)/b28-12-. The van der Waals surface area contributed by atoms with Gasteiger partial charge in [0.1, 0.15) is 12.4 Å². The van der Waals surface area contributed by atoms with E-state index in [2.05, 4.69) is 55.7 Å². The lowest BCUT2D eigenvalue weighted by atomic mass is 10.1. The first-order valence-corrected chi connectivity index (χ1v) is 11.3. The molecular formula is C23H16FI2N3O3. The summed E-state index contributed by atoms with van der Waals surface area (Å²) in [4.78, 5) is 12.1. The second-order valence-electron chi connectivity index (χ2n) is 6.45. The summed E-state index contributed by atoms with van der Waals surface area (Å²) in [5, 5.41) is 12.7. The number of halogens is 3. The summed E-state index contributed by atoms with van der Waals surface area (Å²) in [6, 6.07) is 17.0. The molecule has 0 aliphatic carbocycles. The Balaban J connectivity index is 1.69. The van der Waals surface area contributed by atoms with Crippen LogP contribution < -0.4 is 14.9 Å². The van der Waals surface area contributed by atoms with E-state index in [1.165, 1.54) is 18.3 Å². The van der Waals surface area contributed by atoms with Gasteiger partial charge < -0.3 is 9.47 Å². The van der Waals surface area contributed by atoms with Crippen LogP contribution in [0, 0.1) is 24.3 Å². The first-order valence-electron chi connectivity index (χ1n) is 9.19. The van der Waals surface area contributed by atoms with Crippen molar-refractivity contribution in [2.45, 2.75) is 6.61 Å². The van der Waals surface area contributed by atoms with Crippen molar-refractivity contribution in [1.29, 1.82) is 5.26 Å². The fourth-order valence-corrected chi connectivity index (χ4v) is 3.83. The third kappa shape index (κ3) is 6.17. The quantitative estimate of drug-likeness (QED) is 0.214. The van der Waals surface area contributed by atoms with Crippen LogP contribution in [0.3, 0.4) is 0 Å². The van der Waals surface area contributed by atoms with Crippen molar-refractivity contribution in [3.05, 3.63) is 89.8 Å². The average molecular weight is 655 g/mol. The Labute approximate surface area is 211 Å². The van der Waals surface area contributed by atoms with Gasteiger partial charge in [0.15, 0.2) is 11.5 Å². The number of hydrogen-bond acceptors (Lipinski definition) is 5. The number of hydrazone groups is 1. The van der Waals surface area contributed by atoms with Gasteiger partial charge in [-0.3, -0.25) is 4.79 Å². The fraction of sp³-hybridized carbons (Fsp3) is 0.0870. The first kappa shape index (κ1) is 23.9. The van der Waals surface area contributed by atoms with Crippen molar-refractivity contribution < 1.29 is 18.7 Å². The van der Waals surface area contributed by atoms with Crippen molar-refractivity contribution in [3.63, 3.8) is 0 Å². The van der Waals surface area contributed by atoms with Crippen LogP contribution in [0.25, 0.3) is 0 Å². The molecular weight excluding hydrogens is 639 g/mol. The molecule has 0 atom stereocenters. The fourth-order valence-electron chi connectivity index (χ4n) is 2.68. The maximum absolute atomic E-state index is 14.0. The Bertz CT molecular complexity index is 1210. The van der Waals surface area contributed by atoms with Crippen LogP contribution >= 0.6 is 45.2 Å². The molecule has 0 unspecified atom stereocenters. The van der Waals surface area contributed by atoms with Gasteiger partial charge in [-0.25, -0.2) is 9.82 Å². The van der Waals surface area contributed by atoms with Gasteiger partial charge in [0, 0.05) is 3.57 Å². The van der Waals surface area contributed by atoms with Gasteiger partial charge in [0.25, 0.3) is 5.91 Å². The number of methoxy groups -OCH3 is 1. The van der Waals surface area contributed by atoms with E-state index in [1.54, 1.807) is 13.2 Å². The molecule has 0 heterocycles. The maximum Gasteiger partial charge on any atom is 0.274 e. The molecule has 0 aliphatic heterocycles. The molecule has 3 aromatic carbocycles. The molecule has 0 bridgehead atoms. The van der Waals surface area contributed by atoms with E-state index in [1.807, 2.05) is 36.4 Å². The minimum atomic E-state index is -0.789. The lowest BCUT2D eigenvalue weighted by molar-refractivity contribution is 0.0951. The Kier molecular flexibility index (Phi) is 8.40. The van der Waals surface area contributed by atoms with Crippen LogP contribution in [0.5, 0.6) is 11.5 Å². The van der Waals surface area contributed by atoms with E-state index in [4.69, 9.17) is 14.7 Å². The number of nitriles is 1. The van der Waals surface area contributed by atoms with Gasteiger partial charge in [-0.15, -0.1) is 0 Å². The molecule has 0 radical (unpaired) electrons. The summed E-state index contributed by atoms with van der Waals surface area (Å²) in [6.45, 7) is 0.392. The SMILES string of the molecule is COc1cc(/C=N\NC(=O)c2ccc(C#N)cc2F)cc(I)c1OCc1ccc(I)cc1. The zero-order valence-corrected chi connectivity index (χ0v) is 21.0. The molecule has 162 valence electrons. The molecule has 0 saturated carbocycles. The minimum Gasteiger partial charge on any atom is -0.493 e. The van der Waals surface area contributed by atoms with Gasteiger partial charge >= 0.3 is 0 Å². The van der Waals surface area contributed by atoms with Gasteiger partial charge in [-0.2, -0.15) is 10.4 Å². The molecule has 0 aliphatic rings. The molecule has 0 aromatic heterocycles. The van der Waals surface area contributed by atoms with Crippen molar-refractivity contribution in [1.82, 2.24) is 5.43 Å². The van der Waals surface area contributed by atoms with Crippen LogP contribution in [0.2, 0.25) is 0 Å². The lowest BCUT2D eigenvalue weighted by Crippen LogP contribution is -2.19. The Hall–Kier alpha value is -2.72.